The topological polar surface area (TPSA) is 121 Å². The van der Waals surface area contributed by atoms with Crippen LogP contribution in [0, 0.1) is 6.92 Å². The molecule has 1 aliphatic rings. The number of thiophene rings is 1. The van der Waals surface area contributed by atoms with Gasteiger partial charge >= 0.3 is 5.97 Å². The predicted molar refractivity (Wildman–Crippen MR) is 113 cm³/mol. The first kappa shape index (κ1) is 19.9. The van der Waals surface area contributed by atoms with Crippen LogP contribution in [0.1, 0.15) is 45.7 Å². The zero-order chi connectivity index (χ0) is 21.1. The molecule has 0 aliphatic carbocycles. The van der Waals surface area contributed by atoms with Crippen LogP contribution in [0.2, 0.25) is 0 Å². The van der Waals surface area contributed by atoms with E-state index in [4.69, 9.17) is 0 Å². The number of rotatable bonds is 5. The summed E-state index contributed by atoms with van der Waals surface area (Å²) in [7, 11) is 0. The molecule has 0 bridgehead atoms. The smallest absolute Gasteiger partial charge is 0.339 e. The van der Waals surface area contributed by atoms with Crippen LogP contribution in [0.3, 0.4) is 0 Å². The fourth-order valence-electron chi connectivity index (χ4n) is 3.40. The average molecular weight is 424 g/mol. The Kier molecular flexibility index (Phi) is 5.66. The van der Waals surface area contributed by atoms with Crippen LogP contribution >= 0.6 is 11.3 Å². The van der Waals surface area contributed by atoms with Gasteiger partial charge in [-0.15, -0.1) is 11.3 Å². The molecule has 0 atom stereocenters. The van der Waals surface area contributed by atoms with Gasteiger partial charge in [-0.3, -0.25) is 4.79 Å². The van der Waals surface area contributed by atoms with E-state index in [0.717, 1.165) is 25.9 Å². The van der Waals surface area contributed by atoms with E-state index in [-0.39, 0.29) is 16.8 Å². The molecule has 4 heterocycles. The summed E-state index contributed by atoms with van der Waals surface area (Å²) in [5.74, 6) is -0.941. The van der Waals surface area contributed by atoms with Gasteiger partial charge in [-0.1, -0.05) is 0 Å². The molecule has 9 nitrogen and oxygen atoms in total. The monoisotopic (exact) mass is 424 g/mol. The maximum atomic E-state index is 12.4. The largest absolute Gasteiger partial charge is 0.478 e. The third-order valence-electron chi connectivity index (χ3n) is 4.93. The van der Waals surface area contributed by atoms with Crippen molar-refractivity contribution in [2.75, 3.05) is 23.3 Å². The lowest BCUT2D eigenvalue weighted by atomic mass is 10.1. The van der Waals surface area contributed by atoms with Crippen molar-refractivity contribution in [2.45, 2.75) is 26.2 Å². The van der Waals surface area contributed by atoms with Gasteiger partial charge in [-0.05, 0) is 26.2 Å². The molecular weight excluding hydrogens is 404 g/mol. The van der Waals surface area contributed by atoms with Crippen LogP contribution in [0.15, 0.2) is 30.3 Å². The van der Waals surface area contributed by atoms with E-state index in [1.807, 2.05) is 6.92 Å². The van der Waals surface area contributed by atoms with Gasteiger partial charge in [0.05, 0.1) is 21.8 Å². The van der Waals surface area contributed by atoms with Crippen molar-refractivity contribution in [3.05, 3.63) is 47.1 Å². The molecule has 1 amide bonds. The Balaban J connectivity index is 1.64. The maximum absolute atomic E-state index is 12.4. The fourth-order valence-corrected chi connectivity index (χ4v) is 4.45. The number of nitrogens with zero attached hydrogens (tertiary/aromatic N) is 5. The molecule has 4 rings (SSSR count). The standard InChI is InChI=1S/C20H20N6O3S/c1-12-14(9-23-20(24-12)26-5-3-2-4-6-26)17-16(19(28)29)15(10-30-17)25-18(27)13-7-21-11-22-8-13/h7-11H,2-6H2,1H3,(H,25,27)(H,28,29). The number of carbonyl (C=O) groups excluding carboxylic acids is 1. The fraction of sp³-hybridized carbons (Fsp3) is 0.300. The second-order valence-corrected chi connectivity index (χ2v) is 7.84. The highest BCUT2D eigenvalue weighted by Gasteiger charge is 2.24. The van der Waals surface area contributed by atoms with Crippen molar-refractivity contribution in [1.29, 1.82) is 0 Å². The second-order valence-electron chi connectivity index (χ2n) is 6.96. The lowest BCUT2D eigenvalue weighted by Gasteiger charge is -2.26. The molecule has 0 unspecified atom stereocenters. The van der Waals surface area contributed by atoms with Crippen molar-refractivity contribution in [3.8, 4) is 10.4 Å². The molecule has 3 aromatic heterocycles. The molecule has 0 saturated carbocycles. The zero-order valence-corrected chi connectivity index (χ0v) is 17.1. The number of anilines is 2. The molecule has 2 N–H and O–H groups in total. The molecule has 0 radical (unpaired) electrons. The zero-order valence-electron chi connectivity index (χ0n) is 16.3. The summed E-state index contributed by atoms with van der Waals surface area (Å²) in [4.78, 5) is 43.8. The van der Waals surface area contributed by atoms with E-state index in [1.165, 1.54) is 36.5 Å². The predicted octanol–water partition coefficient (Wildman–Crippen LogP) is 3.24. The first-order chi connectivity index (χ1) is 14.5. The van der Waals surface area contributed by atoms with Gasteiger partial charge in [0.25, 0.3) is 5.91 Å². The van der Waals surface area contributed by atoms with Gasteiger partial charge in [0.2, 0.25) is 5.95 Å². The van der Waals surface area contributed by atoms with E-state index in [1.54, 1.807) is 11.6 Å². The molecule has 0 aromatic carbocycles. The Bertz CT molecular complexity index is 1080. The summed E-state index contributed by atoms with van der Waals surface area (Å²) < 4.78 is 0. The van der Waals surface area contributed by atoms with Crippen LogP contribution < -0.4 is 10.2 Å². The Labute approximate surface area is 176 Å². The quantitative estimate of drug-likeness (QED) is 0.640. The highest BCUT2D eigenvalue weighted by atomic mass is 32.1. The maximum Gasteiger partial charge on any atom is 0.339 e. The average Bonchev–Trinajstić information content (AvgIpc) is 3.18. The normalized spacial score (nSPS) is 13.8. The van der Waals surface area contributed by atoms with Gasteiger partial charge in [0.15, 0.2) is 0 Å². The number of amides is 1. The number of hydrogen-bond acceptors (Lipinski definition) is 8. The van der Waals surface area contributed by atoms with Crippen molar-refractivity contribution in [1.82, 2.24) is 19.9 Å². The molecule has 154 valence electrons. The molecule has 30 heavy (non-hydrogen) atoms. The van der Waals surface area contributed by atoms with Gasteiger partial charge in [-0.25, -0.2) is 24.7 Å². The molecule has 1 aliphatic heterocycles. The number of aryl methyl sites for hydroxylation is 1. The van der Waals surface area contributed by atoms with E-state index < -0.39 is 11.9 Å². The highest BCUT2D eigenvalue weighted by Crippen LogP contribution is 2.37. The van der Waals surface area contributed by atoms with Crippen molar-refractivity contribution >= 4 is 34.8 Å². The second kappa shape index (κ2) is 8.54. The van der Waals surface area contributed by atoms with Crippen LogP contribution in [0.25, 0.3) is 10.4 Å². The van der Waals surface area contributed by atoms with E-state index >= 15 is 0 Å². The molecule has 1 saturated heterocycles. The third kappa shape index (κ3) is 3.99. The van der Waals surface area contributed by atoms with E-state index in [2.05, 4.69) is 30.2 Å². The molecule has 0 spiro atoms. The van der Waals surface area contributed by atoms with Gasteiger partial charge in [0.1, 0.15) is 11.9 Å². The van der Waals surface area contributed by atoms with Crippen molar-refractivity contribution in [3.63, 3.8) is 0 Å². The summed E-state index contributed by atoms with van der Waals surface area (Å²) in [6.07, 6.45) is 9.18. The Hall–Kier alpha value is -3.40. The Morgan fingerprint density at radius 1 is 1.13 bits per heavy atom. The number of carboxylic acid groups (broad SMARTS) is 1. The van der Waals surface area contributed by atoms with E-state index in [9.17, 15) is 14.7 Å². The molecule has 10 heteroatoms. The van der Waals surface area contributed by atoms with Crippen LogP contribution in [0.5, 0.6) is 0 Å². The number of carboxylic acids is 1. The van der Waals surface area contributed by atoms with Crippen molar-refractivity contribution in [2.24, 2.45) is 0 Å². The summed E-state index contributed by atoms with van der Waals surface area (Å²) >= 11 is 1.23. The summed E-state index contributed by atoms with van der Waals surface area (Å²) in [5, 5.41) is 14.1. The summed E-state index contributed by atoms with van der Waals surface area (Å²) in [6.45, 7) is 3.70. The highest BCUT2D eigenvalue weighted by molar-refractivity contribution is 7.14. The lowest BCUT2D eigenvalue weighted by Crippen LogP contribution is -2.31. The number of carbonyl (C=O) groups is 2. The number of hydrogen-bond donors (Lipinski definition) is 2. The Morgan fingerprint density at radius 3 is 2.53 bits per heavy atom. The number of aromatic carboxylic acids is 1. The van der Waals surface area contributed by atoms with Crippen LogP contribution in [0.4, 0.5) is 11.6 Å². The minimum atomic E-state index is -1.13. The van der Waals surface area contributed by atoms with Gasteiger partial charge in [0, 0.05) is 42.6 Å². The number of piperidine rings is 1. The van der Waals surface area contributed by atoms with Crippen LogP contribution in [-0.2, 0) is 0 Å². The summed E-state index contributed by atoms with van der Waals surface area (Å²) in [5.41, 5.74) is 1.82. The number of nitrogens with one attached hydrogen (secondary N) is 1. The molecular formula is C20H20N6O3S. The van der Waals surface area contributed by atoms with Crippen molar-refractivity contribution < 1.29 is 14.7 Å². The molecule has 3 aromatic rings. The number of aromatic nitrogens is 4. The minimum Gasteiger partial charge on any atom is -0.478 e. The lowest BCUT2D eigenvalue weighted by molar-refractivity contribution is 0.0699. The van der Waals surface area contributed by atoms with E-state index in [0.29, 0.717) is 22.1 Å². The SMILES string of the molecule is Cc1nc(N2CCCCC2)ncc1-c1scc(NC(=O)c2cncnc2)c1C(=O)O. The first-order valence-corrected chi connectivity index (χ1v) is 10.4. The van der Waals surface area contributed by atoms with Crippen LogP contribution in [-0.4, -0.2) is 50.0 Å². The summed E-state index contributed by atoms with van der Waals surface area (Å²) in [6, 6.07) is 0. The first-order valence-electron chi connectivity index (χ1n) is 9.54. The minimum absolute atomic E-state index is 0.0163. The molecule has 1 fully saturated rings. The van der Waals surface area contributed by atoms with Gasteiger partial charge in [-0.2, -0.15) is 0 Å². The van der Waals surface area contributed by atoms with Gasteiger partial charge < -0.3 is 15.3 Å². The Morgan fingerprint density at radius 2 is 1.87 bits per heavy atom. The third-order valence-corrected chi connectivity index (χ3v) is 5.94.